The number of sulfonamides is 1. The van der Waals surface area contributed by atoms with Gasteiger partial charge in [0.15, 0.2) is 0 Å². The Labute approximate surface area is 179 Å². The largest absolute Gasteiger partial charge is 0.379 e. The number of aryl methyl sites for hydroxylation is 3. The lowest BCUT2D eigenvalue weighted by Crippen LogP contribution is -2.40. The second-order valence-corrected chi connectivity index (χ2v) is 9.71. The molecule has 0 aromatic heterocycles. The van der Waals surface area contributed by atoms with E-state index in [1.807, 2.05) is 19.9 Å². The van der Waals surface area contributed by atoms with Gasteiger partial charge in [-0.05, 0) is 61.6 Å². The Morgan fingerprint density at radius 3 is 2.33 bits per heavy atom. The number of hydrogen-bond acceptors (Lipinski definition) is 4. The van der Waals surface area contributed by atoms with Crippen molar-refractivity contribution in [3.05, 3.63) is 64.2 Å². The molecule has 1 aliphatic heterocycles. The molecule has 30 heavy (non-hydrogen) atoms. The first-order valence-corrected chi connectivity index (χ1v) is 11.7. The van der Waals surface area contributed by atoms with Crippen LogP contribution in [0.1, 0.15) is 52.0 Å². The van der Waals surface area contributed by atoms with Crippen LogP contribution in [0, 0.1) is 20.8 Å². The van der Waals surface area contributed by atoms with Gasteiger partial charge in [-0.15, -0.1) is 0 Å². The van der Waals surface area contributed by atoms with Crippen LogP contribution in [0.4, 0.5) is 0 Å². The first-order valence-electron chi connectivity index (χ1n) is 10.3. The second-order valence-electron chi connectivity index (χ2n) is 7.77. The van der Waals surface area contributed by atoms with Crippen molar-refractivity contribution >= 4 is 15.9 Å². The zero-order valence-corrected chi connectivity index (χ0v) is 18.9. The molecule has 1 amide bonds. The Morgan fingerprint density at radius 1 is 1.03 bits per heavy atom. The van der Waals surface area contributed by atoms with E-state index < -0.39 is 10.0 Å². The first-order chi connectivity index (χ1) is 14.2. The molecule has 6 nitrogen and oxygen atoms in total. The van der Waals surface area contributed by atoms with E-state index in [2.05, 4.69) is 31.3 Å². The predicted molar refractivity (Wildman–Crippen MR) is 117 cm³/mol. The van der Waals surface area contributed by atoms with Gasteiger partial charge in [0.25, 0.3) is 5.91 Å². The third-order valence-corrected chi connectivity index (χ3v) is 7.60. The molecule has 0 spiro atoms. The summed E-state index contributed by atoms with van der Waals surface area (Å²) in [6, 6.07) is 10.8. The second kappa shape index (κ2) is 9.29. The number of carbonyl (C=O) groups excluding carboxylic acids is 1. The summed E-state index contributed by atoms with van der Waals surface area (Å²) in [5.74, 6) is -0.267. The number of nitrogens with zero attached hydrogens (tertiary/aromatic N) is 1. The lowest BCUT2D eigenvalue weighted by molar-refractivity contribution is 0.0730. The van der Waals surface area contributed by atoms with Gasteiger partial charge in [0.05, 0.1) is 24.2 Å². The summed E-state index contributed by atoms with van der Waals surface area (Å²) < 4.78 is 32.6. The highest BCUT2D eigenvalue weighted by Gasteiger charge is 2.27. The van der Waals surface area contributed by atoms with Crippen LogP contribution in [0.25, 0.3) is 0 Å². The molecule has 1 aliphatic rings. The van der Waals surface area contributed by atoms with Crippen molar-refractivity contribution in [2.24, 2.45) is 0 Å². The van der Waals surface area contributed by atoms with Crippen LogP contribution in [0.15, 0.2) is 41.3 Å². The van der Waals surface area contributed by atoms with Crippen molar-refractivity contribution in [1.82, 2.24) is 9.62 Å². The minimum absolute atomic E-state index is 0.138. The molecule has 162 valence electrons. The molecule has 0 radical (unpaired) electrons. The van der Waals surface area contributed by atoms with Crippen LogP contribution in [0.3, 0.4) is 0 Å². The Balaban J connectivity index is 1.86. The number of hydrogen-bond donors (Lipinski definition) is 1. The van der Waals surface area contributed by atoms with E-state index in [9.17, 15) is 13.2 Å². The molecule has 1 saturated heterocycles. The smallest absolute Gasteiger partial charge is 0.252 e. The zero-order chi connectivity index (χ0) is 21.9. The van der Waals surface area contributed by atoms with Gasteiger partial charge in [0, 0.05) is 18.7 Å². The molecule has 2 aromatic rings. The Kier molecular flexibility index (Phi) is 6.95. The van der Waals surface area contributed by atoms with Gasteiger partial charge in [0.1, 0.15) is 0 Å². The third kappa shape index (κ3) is 4.74. The van der Waals surface area contributed by atoms with Crippen molar-refractivity contribution < 1.29 is 17.9 Å². The van der Waals surface area contributed by atoms with Crippen LogP contribution in [-0.4, -0.2) is 44.9 Å². The number of amides is 1. The molecule has 1 N–H and O–H groups in total. The number of nitrogens with one attached hydrogen (secondary N) is 1. The summed E-state index contributed by atoms with van der Waals surface area (Å²) in [6.07, 6.45) is 0.735. The number of carbonyl (C=O) groups is 1. The Bertz CT molecular complexity index is 1030. The lowest BCUT2D eigenvalue weighted by atomic mass is 9.99. The molecule has 1 heterocycles. The molecule has 3 rings (SSSR count). The van der Waals surface area contributed by atoms with E-state index in [0.717, 1.165) is 17.5 Å². The quantitative estimate of drug-likeness (QED) is 0.761. The van der Waals surface area contributed by atoms with Crippen molar-refractivity contribution in [2.45, 2.75) is 45.1 Å². The van der Waals surface area contributed by atoms with E-state index in [1.54, 1.807) is 12.1 Å². The van der Waals surface area contributed by atoms with E-state index in [4.69, 9.17) is 4.74 Å². The van der Waals surface area contributed by atoms with E-state index >= 15 is 0 Å². The van der Waals surface area contributed by atoms with Gasteiger partial charge >= 0.3 is 0 Å². The average Bonchev–Trinajstić information content (AvgIpc) is 2.74. The minimum Gasteiger partial charge on any atom is -0.379 e. The molecule has 0 bridgehead atoms. The van der Waals surface area contributed by atoms with E-state index in [0.29, 0.717) is 31.9 Å². The molecule has 2 aromatic carbocycles. The summed E-state index contributed by atoms with van der Waals surface area (Å²) in [6.45, 7) is 9.35. The number of ether oxygens (including phenoxy) is 1. The van der Waals surface area contributed by atoms with E-state index in [-0.39, 0.29) is 16.8 Å². The summed E-state index contributed by atoms with van der Waals surface area (Å²) in [7, 11) is -3.66. The van der Waals surface area contributed by atoms with Crippen molar-refractivity contribution in [3.8, 4) is 0 Å². The van der Waals surface area contributed by atoms with Crippen LogP contribution in [-0.2, 0) is 14.8 Å². The van der Waals surface area contributed by atoms with Crippen LogP contribution >= 0.6 is 0 Å². The SMILES string of the molecule is CCC(NC(=O)c1cc(S(=O)(=O)N2CCOCC2)ccc1C)c1ccc(C)c(C)c1. The zero-order valence-electron chi connectivity index (χ0n) is 18.1. The maximum atomic E-state index is 13.1. The van der Waals surface area contributed by atoms with Gasteiger partial charge in [0.2, 0.25) is 10.0 Å². The monoisotopic (exact) mass is 430 g/mol. The highest BCUT2D eigenvalue weighted by Crippen LogP contribution is 2.23. The number of benzene rings is 2. The van der Waals surface area contributed by atoms with Crippen LogP contribution in [0.2, 0.25) is 0 Å². The summed E-state index contributed by atoms with van der Waals surface area (Å²) >= 11 is 0. The lowest BCUT2D eigenvalue weighted by Gasteiger charge is -2.26. The van der Waals surface area contributed by atoms with Crippen molar-refractivity contribution in [2.75, 3.05) is 26.3 Å². The summed E-state index contributed by atoms with van der Waals surface area (Å²) in [5, 5.41) is 3.08. The molecule has 1 atom stereocenters. The molecule has 1 fully saturated rings. The van der Waals surface area contributed by atoms with Crippen LogP contribution in [0.5, 0.6) is 0 Å². The van der Waals surface area contributed by atoms with Crippen molar-refractivity contribution in [3.63, 3.8) is 0 Å². The van der Waals surface area contributed by atoms with Gasteiger partial charge in [-0.1, -0.05) is 31.2 Å². The highest BCUT2D eigenvalue weighted by atomic mass is 32.2. The van der Waals surface area contributed by atoms with E-state index in [1.165, 1.54) is 21.5 Å². The molecule has 0 saturated carbocycles. The average molecular weight is 431 g/mol. The maximum absolute atomic E-state index is 13.1. The Morgan fingerprint density at radius 2 is 1.70 bits per heavy atom. The predicted octanol–water partition coefficient (Wildman–Crippen LogP) is 3.51. The third-order valence-electron chi connectivity index (χ3n) is 5.71. The fraction of sp³-hybridized carbons (Fsp3) is 0.435. The molecular formula is C23H30N2O4S. The van der Waals surface area contributed by atoms with Gasteiger partial charge < -0.3 is 10.1 Å². The Hall–Kier alpha value is -2.22. The fourth-order valence-electron chi connectivity index (χ4n) is 3.58. The summed E-state index contributed by atoms with van der Waals surface area (Å²) in [4.78, 5) is 13.2. The number of rotatable bonds is 6. The molecular weight excluding hydrogens is 400 g/mol. The van der Waals surface area contributed by atoms with Crippen LogP contribution < -0.4 is 5.32 Å². The first kappa shape index (κ1) is 22.5. The fourth-order valence-corrected chi connectivity index (χ4v) is 5.02. The summed E-state index contributed by atoms with van der Waals surface area (Å²) in [5.41, 5.74) is 4.55. The van der Waals surface area contributed by atoms with Crippen molar-refractivity contribution in [1.29, 1.82) is 0 Å². The number of morpholine rings is 1. The van der Waals surface area contributed by atoms with Gasteiger partial charge in [-0.2, -0.15) is 4.31 Å². The van der Waals surface area contributed by atoms with Gasteiger partial charge in [-0.25, -0.2) is 8.42 Å². The molecule has 7 heteroatoms. The normalized spacial score (nSPS) is 16.3. The standard InChI is InChI=1S/C23H30N2O4S/c1-5-22(19-8-6-16(2)18(4)14-19)24-23(26)21-15-20(9-7-17(21)3)30(27,28)25-10-12-29-13-11-25/h6-9,14-15,22H,5,10-13H2,1-4H3,(H,24,26). The molecule has 0 aliphatic carbocycles. The van der Waals surface area contributed by atoms with Gasteiger partial charge in [-0.3, -0.25) is 4.79 Å². The topological polar surface area (TPSA) is 75.7 Å². The maximum Gasteiger partial charge on any atom is 0.252 e. The molecule has 1 unspecified atom stereocenters. The highest BCUT2D eigenvalue weighted by molar-refractivity contribution is 7.89. The minimum atomic E-state index is -3.66.